The zero-order chi connectivity index (χ0) is 22.4. The Morgan fingerprint density at radius 2 is 0.581 bits per heavy atom. The number of rotatable bonds is 9. The monoisotopic (exact) mass is 422 g/mol. The van der Waals surface area contributed by atoms with Gasteiger partial charge in [0.2, 0.25) is 0 Å². The highest BCUT2D eigenvalue weighted by Crippen LogP contribution is 2.27. The maximum absolute atomic E-state index is 5.76. The first-order valence-corrected chi connectivity index (χ1v) is 9.77. The topological polar surface area (TPSA) is 55.4 Å². The molecular formula is C24H27BO6. The van der Waals surface area contributed by atoms with E-state index in [0.29, 0.717) is 34.5 Å². The Morgan fingerprint density at radius 1 is 0.387 bits per heavy atom. The fourth-order valence-electron chi connectivity index (χ4n) is 3.93. The standard InChI is InChI=1S/C24H27BO6/c1-26-16-10-7-11-17(27-2)22(16)25(23-18(28-3)12-8-13-19(23)29-4)24-20(30-5)14-9-15-21(24)31-6/h7-15H,1-6H3. The van der Waals surface area contributed by atoms with Crippen molar-refractivity contribution in [2.45, 2.75) is 0 Å². The van der Waals surface area contributed by atoms with E-state index in [2.05, 4.69) is 0 Å². The number of methoxy groups -OCH3 is 6. The van der Waals surface area contributed by atoms with Crippen LogP contribution in [0.25, 0.3) is 0 Å². The van der Waals surface area contributed by atoms with Crippen LogP contribution in [-0.2, 0) is 0 Å². The van der Waals surface area contributed by atoms with Gasteiger partial charge in [0.1, 0.15) is 34.5 Å². The highest BCUT2D eigenvalue weighted by Gasteiger charge is 2.37. The minimum absolute atomic E-state index is 0.441. The van der Waals surface area contributed by atoms with Crippen LogP contribution in [0.15, 0.2) is 54.6 Å². The molecule has 0 heterocycles. The molecule has 0 amide bonds. The van der Waals surface area contributed by atoms with Crippen LogP contribution in [0.2, 0.25) is 0 Å². The Labute approximate surface area is 183 Å². The summed E-state index contributed by atoms with van der Waals surface area (Å²) in [5.74, 6) is 3.95. The fraction of sp³-hybridized carbons (Fsp3) is 0.250. The molecule has 3 aromatic carbocycles. The highest BCUT2D eigenvalue weighted by atomic mass is 16.5. The Hall–Kier alpha value is -3.48. The first-order chi connectivity index (χ1) is 15.1. The van der Waals surface area contributed by atoms with Gasteiger partial charge in [0, 0.05) is 16.4 Å². The number of hydrogen-bond donors (Lipinski definition) is 0. The van der Waals surface area contributed by atoms with E-state index in [4.69, 9.17) is 28.4 Å². The van der Waals surface area contributed by atoms with Crippen LogP contribution in [0.4, 0.5) is 0 Å². The van der Waals surface area contributed by atoms with Crippen molar-refractivity contribution >= 4 is 23.1 Å². The summed E-state index contributed by atoms with van der Waals surface area (Å²) in [6.45, 7) is -0.441. The number of hydrogen-bond acceptors (Lipinski definition) is 6. The fourth-order valence-corrected chi connectivity index (χ4v) is 3.93. The van der Waals surface area contributed by atoms with Gasteiger partial charge < -0.3 is 28.4 Å². The molecule has 0 bridgehead atoms. The molecule has 0 atom stereocenters. The maximum atomic E-state index is 5.76. The molecule has 0 N–H and O–H groups in total. The average Bonchev–Trinajstić information content (AvgIpc) is 2.83. The summed E-state index contributed by atoms with van der Waals surface area (Å²) in [6, 6.07) is 17.0. The van der Waals surface area contributed by atoms with Crippen molar-refractivity contribution in [2.75, 3.05) is 42.7 Å². The van der Waals surface area contributed by atoms with Crippen molar-refractivity contribution in [2.24, 2.45) is 0 Å². The Balaban J connectivity index is 2.52. The second-order valence-corrected chi connectivity index (χ2v) is 6.66. The molecule has 162 valence electrons. The van der Waals surface area contributed by atoms with Crippen LogP contribution < -0.4 is 44.8 Å². The zero-order valence-electron chi connectivity index (χ0n) is 18.7. The lowest BCUT2D eigenvalue weighted by Crippen LogP contribution is -2.54. The molecule has 0 aliphatic rings. The van der Waals surface area contributed by atoms with Crippen molar-refractivity contribution in [3.05, 3.63) is 54.6 Å². The quantitative estimate of drug-likeness (QED) is 0.494. The lowest BCUT2D eigenvalue weighted by Gasteiger charge is -2.26. The van der Waals surface area contributed by atoms with Crippen molar-refractivity contribution < 1.29 is 28.4 Å². The lowest BCUT2D eigenvalue weighted by molar-refractivity contribution is 0.396. The third-order valence-corrected chi connectivity index (χ3v) is 5.26. The first kappa shape index (κ1) is 22.2. The van der Waals surface area contributed by atoms with Crippen LogP contribution in [0, 0.1) is 0 Å². The van der Waals surface area contributed by atoms with Crippen LogP contribution in [0.5, 0.6) is 34.5 Å². The van der Waals surface area contributed by atoms with E-state index in [1.165, 1.54) is 0 Å². The molecular weight excluding hydrogens is 395 g/mol. The van der Waals surface area contributed by atoms with Gasteiger partial charge in [0.15, 0.2) is 0 Å². The van der Waals surface area contributed by atoms with E-state index in [0.717, 1.165) is 16.4 Å². The second-order valence-electron chi connectivity index (χ2n) is 6.66. The lowest BCUT2D eigenvalue weighted by atomic mass is 9.35. The Bertz CT molecular complexity index is 838. The van der Waals surface area contributed by atoms with Crippen LogP contribution in [0.1, 0.15) is 0 Å². The summed E-state index contributed by atoms with van der Waals surface area (Å²) < 4.78 is 34.6. The SMILES string of the molecule is COc1cccc(OC)c1B(c1c(OC)cccc1OC)c1c(OC)cccc1OC. The van der Waals surface area contributed by atoms with E-state index in [1.54, 1.807) is 42.7 Å². The predicted octanol–water partition coefficient (Wildman–Crippen LogP) is 2.25. The summed E-state index contributed by atoms with van der Waals surface area (Å²) in [7, 11) is 9.80. The van der Waals surface area contributed by atoms with Gasteiger partial charge in [-0.15, -0.1) is 0 Å². The van der Waals surface area contributed by atoms with Crippen molar-refractivity contribution in [1.29, 1.82) is 0 Å². The van der Waals surface area contributed by atoms with Crippen LogP contribution in [0.3, 0.4) is 0 Å². The second kappa shape index (κ2) is 10.0. The summed E-state index contributed by atoms with van der Waals surface area (Å²) in [5, 5.41) is 0. The van der Waals surface area contributed by atoms with Gasteiger partial charge in [-0.1, -0.05) is 18.2 Å². The van der Waals surface area contributed by atoms with Gasteiger partial charge in [0.05, 0.1) is 42.7 Å². The summed E-state index contributed by atoms with van der Waals surface area (Å²) >= 11 is 0. The van der Waals surface area contributed by atoms with Gasteiger partial charge in [-0.05, 0) is 36.4 Å². The molecule has 0 radical (unpaired) electrons. The molecule has 31 heavy (non-hydrogen) atoms. The molecule has 0 fully saturated rings. The summed E-state index contributed by atoms with van der Waals surface area (Å²) in [6.07, 6.45) is 0. The molecule has 0 aliphatic heterocycles. The van der Waals surface area contributed by atoms with E-state index < -0.39 is 6.71 Å². The van der Waals surface area contributed by atoms with E-state index in [1.807, 2.05) is 54.6 Å². The largest absolute Gasteiger partial charge is 0.497 e. The van der Waals surface area contributed by atoms with Crippen LogP contribution in [-0.4, -0.2) is 49.4 Å². The number of benzene rings is 3. The molecule has 0 spiro atoms. The molecule has 0 saturated carbocycles. The van der Waals surface area contributed by atoms with E-state index in [-0.39, 0.29) is 0 Å². The molecule has 0 saturated heterocycles. The van der Waals surface area contributed by atoms with Crippen molar-refractivity contribution in [1.82, 2.24) is 0 Å². The van der Waals surface area contributed by atoms with E-state index in [9.17, 15) is 0 Å². The third-order valence-electron chi connectivity index (χ3n) is 5.26. The van der Waals surface area contributed by atoms with E-state index >= 15 is 0 Å². The van der Waals surface area contributed by atoms with Gasteiger partial charge in [-0.3, -0.25) is 0 Å². The number of ether oxygens (including phenoxy) is 6. The van der Waals surface area contributed by atoms with Gasteiger partial charge in [-0.25, -0.2) is 0 Å². The molecule has 3 aromatic rings. The molecule has 0 aromatic heterocycles. The molecule has 0 aliphatic carbocycles. The van der Waals surface area contributed by atoms with Crippen molar-refractivity contribution in [3.8, 4) is 34.5 Å². The first-order valence-electron chi connectivity index (χ1n) is 9.77. The maximum Gasteiger partial charge on any atom is 0.270 e. The smallest absolute Gasteiger partial charge is 0.270 e. The highest BCUT2D eigenvalue weighted by molar-refractivity contribution is 6.98. The third kappa shape index (κ3) is 4.08. The van der Waals surface area contributed by atoms with Crippen molar-refractivity contribution in [3.63, 3.8) is 0 Å². The average molecular weight is 422 g/mol. The van der Waals surface area contributed by atoms with Gasteiger partial charge >= 0.3 is 0 Å². The zero-order valence-corrected chi connectivity index (χ0v) is 18.7. The van der Waals surface area contributed by atoms with Gasteiger partial charge in [-0.2, -0.15) is 0 Å². The molecule has 0 unspecified atom stereocenters. The van der Waals surface area contributed by atoms with Gasteiger partial charge in [0.25, 0.3) is 6.71 Å². The molecule has 6 nitrogen and oxygen atoms in total. The Kier molecular flexibility index (Phi) is 7.18. The minimum atomic E-state index is -0.441. The van der Waals surface area contributed by atoms with Crippen LogP contribution >= 0.6 is 0 Å². The summed E-state index contributed by atoms with van der Waals surface area (Å²) in [4.78, 5) is 0. The molecule has 3 rings (SSSR count). The Morgan fingerprint density at radius 3 is 0.742 bits per heavy atom. The normalized spacial score (nSPS) is 10.3. The predicted molar refractivity (Wildman–Crippen MR) is 123 cm³/mol. The minimum Gasteiger partial charge on any atom is -0.497 e. The summed E-state index contributed by atoms with van der Waals surface area (Å²) in [5.41, 5.74) is 2.41. The molecule has 7 heteroatoms.